The number of hydrogen-bond donors (Lipinski definition) is 1. The van der Waals surface area contributed by atoms with E-state index in [1.807, 2.05) is 17.0 Å². The molecule has 4 nitrogen and oxygen atoms in total. The molecule has 1 aliphatic rings. The van der Waals surface area contributed by atoms with Gasteiger partial charge in [0.2, 0.25) is 5.91 Å². The van der Waals surface area contributed by atoms with E-state index in [0.29, 0.717) is 25.4 Å². The Bertz CT molecular complexity index is 387. The number of nitrogens with two attached hydrogens (primary N) is 1. The van der Waals surface area contributed by atoms with Gasteiger partial charge in [-0.25, -0.2) is 0 Å². The van der Waals surface area contributed by atoms with Gasteiger partial charge in [-0.15, -0.1) is 0 Å². The Kier molecular flexibility index (Phi) is 3.84. The summed E-state index contributed by atoms with van der Waals surface area (Å²) >= 11 is 0. The molecule has 1 aromatic rings. The summed E-state index contributed by atoms with van der Waals surface area (Å²) in [5.74, 6) is 2.37. The third-order valence-corrected chi connectivity index (χ3v) is 3.26. The normalized spacial score (nSPS) is 20.2. The summed E-state index contributed by atoms with van der Waals surface area (Å²) in [6.45, 7) is 4.02. The summed E-state index contributed by atoms with van der Waals surface area (Å²) in [6.07, 6.45) is 2.97. The molecule has 1 aromatic heterocycles. The summed E-state index contributed by atoms with van der Waals surface area (Å²) in [5, 5.41) is 0. The monoisotopic (exact) mass is 236 g/mol. The van der Waals surface area contributed by atoms with Crippen molar-refractivity contribution in [3.63, 3.8) is 0 Å². The van der Waals surface area contributed by atoms with Gasteiger partial charge in [-0.05, 0) is 24.5 Å². The van der Waals surface area contributed by atoms with E-state index < -0.39 is 0 Å². The Hall–Kier alpha value is -1.29. The van der Waals surface area contributed by atoms with Gasteiger partial charge in [0, 0.05) is 13.0 Å². The molecule has 1 saturated heterocycles. The fraction of sp³-hybridized carbons (Fsp3) is 0.615. The number of hydrogen-bond acceptors (Lipinski definition) is 3. The molecule has 0 spiro atoms. The van der Waals surface area contributed by atoms with Gasteiger partial charge in [0.25, 0.3) is 0 Å². The Balaban J connectivity index is 1.93. The van der Waals surface area contributed by atoms with Crippen LogP contribution in [0.4, 0.5) is 0 Å². The lowest BCUT2D eigenvalue weighted by molar-refractivity contribution is -0.128. The Morgan fingerprint density at radius 3 is 2.88 bits per heavy atom. The highest BCUT2D eigenvalue weighted by Crippen LogP contribution is 2.24. The van der Waals surface area contributed by atoms with E-state index in [1.54, 1.807) is 0 Å². The van der Waals surface area contributed by atoms with Crippen molar-refractivity contribution in [2.45, 2.75) is 39.3 Å². The average Bonchev–Trinajstić information content (AvgIpc) is 2.88. The second-order valence-corrected chi connectivity index (χ2v) is 4.71. The highest BCUT2D eigenvalue weighted by molar-refractivity contribution is 5.78. The highest BCUT2D eigenvalue weighted by atomic mass is 16.3. The Labute approximate surface area is 102 Å². The lowest BCUT2D eigenvalue weighted by Crippen LogP contribution is -2.24. The van der Waals surface area contributed by atoms with Gasteiger partial charge in [0.1, 0.15) is 11.5 Å². The van der Waals surface area contributed by atoms with Crippen LogP contribution in [0.25, 0.3) is 0 Å². The molecule has 4 heteroatoms. The predicted octanol–water partition coefficient (Wildman–Crippen LogP) is 1.89. The van der Waals surface area contributed by atoms with Crippen molar-refractivity contribution >= 4 is 5.91 Å². The van der Waals surface area contributed by atoms with Crippen molar-refractivity contribution in [2.24, 2.45) is 11.7 Å². The number of furan rings is 1. The lowest BCUT2D eigenvalue weighted by Gasteiger charge is -2.14. The van der Waals surface area contributed by atoms with Gasteiger partial charge >= 0.3 is 0 Å². The SMILES string of the molecule is CCCC1CC(=O)N(Cc2ccc(CN)o2)C1. The summed E-state index contributed by atoms with van der Waals surface area (Å²) in [4.78, 5) is 13.7. The molecule has 1 aliphatic heterocycles. The molecule has 1 unspecified atom stereocenters. The maximum atomic E-state index is 11.8. The maximum absolute atomic E-state index is 11.8. The zero-order valence-electron chi connectivity index (χ0n) is 10.3. The van der Waals surface area contributed by atoms with E-state index in [9.17, 15) is 4.79 Å². The third-order valence-electron chi connectivity index (χ3n) is 3.26. The number of nitrogens with zero attached hydrogens (tertiary/aromatic N) is 1. The first kappa shape index (κ1) is 12.2. The van der Waals surface area contributed by atoms with Crippen LogP contribution in [0.1, 0.15) is 37.7 Å². The van der Waals surface area contributed by atoms with Crippen molar-refractivity contribution in [1.82, 2.24) is 4.90 Å². The van der Waals surface area contributed by atoms with Crippen LogP contribution in [-0.2, 0) is 17.9 Å². The maximum Gasteiger partial charge on any atom is 0.223 e. The third kappa shape index (κ3) is 2.88. The van der Waals surface area contributed by atoms with E-state index in [0.717, 1.165) is 30.9 Å². The number of carbonyl (C=O) groups is 1. The largest absolute Gasteiger partial charge is 0.463 e. The summed E-state index contributed by atoms with van der Waals surface area (Å²) in [6, 6.07) is 3.78. The van der Waals surface area contributed by atoms with E-state index in [2.05, 4.69) is 6.92 Å². The van der Waals surface area contributed by atoms with Gasteiger partial charge in [0.15, 0.2) is 0 Å². The molecule has 0 aromatic carbocycles. The molecule has 2 N–H and O–H groups in total. The molecular formula is C13H20N2O2. The Morgan fingerprint density at radius 2 is 2.24 bits per heavy atom. The summed E-state index contributed by atoms with van der Waals surface area (Å²) < 4.78 is 5.52. The first-order valence-electron chi connectivity index (χ1n) is 6.28. The minimum atomic E-state index is 0.245. The van der Waals surface area contributed by atoms with Gasteiger partial charge < -0.3 is 15.1 Å². The van der Waals surface area contributed by atoms with Crippen LogP contribution in [-0.4, -0.2) is 17.4 Å². The molecular weight excluding hydrogens is 216 g/mol. The average molecular weight is 236 g/mol. The highest BCUT2D eigenvalue weighted by Gasteiger charge is 2.29. The number of rotatable bonds is 5. The lowest BCUT2D eigenvalue weighted by atomic mass is 10.0. The molecule has 1 fully saturated rings. The van der Waals surface area contributed by atoms with Crippen LogP contribution in [0.2, 0.25) is 0 Å². The van der Waals surface area contributed by atoms with Crippen molar-refractivity contribution < 1.29 is 9.21 Å². The fourth-order valence-electron chi connectivity index (χ4n) is 2.41. The van der Waals surface area contributed by atoms with Crippen molar-refractivity contribution in [3.05, 3.63) is 23.7 Å². The van der Waals surface area contributed by atoms with Crippen LogP contribution in [0.15, 0.2) is 16.5 Å². The summed E-state index contributed by atoms with van der Waals surface area (Å²) in [7, 11) is 0. The molecule has 1 atom stereocenters. The smallest absolute Gasteiger partial charge is 0.223 e. The van der Waals surface area contributed by atoms with Crippen LogP contribution in [0.5, 0.6) is 0 Å². The minimum absolute atomic E-state index is 0.245. The standard InChI is InChI=1S/C13H20N2O2/c1-2-3-10-6-13(16)15(8-10)9-12-5-4-11(7-14)17-12/h4-5,10H,2-3,6-9,14H2,1H3. The zero-order valence-corrected chi connectivity index (χ0v) is 10.3. The molecule has 0 bridgehead atoms. The van der Waals surface area contributed by atoms with Gasteiger partial charge in [-0.1, -0.05) is 13.3 Å². The van der Waals surface area contributed by atoms with Crippen LogP contribution >= 0.6 is 0 Å². The molecule has 1 amide bonds. The Morgan fingerprint density at radius 1 is 1.47 bits per heavy atom. The molecule has 17 heavy (non-hydrogen) atoms. The van der Waals surface area contributed by atoms with Crippen LogP contribution < -0.4 is 5.73 Å². The quantitative estimate of drug-likeness (QED) is 0.849. The molecule has 94 valence electrons. The molecule has 2 heterocycles. The van der Waals surface area contributed by atoms with E-state index >= 15 is 0 Å². The molecule has 0 aliphatic carbocycles. The van der Waals surface area contributed by atoms with E-state index in [-0.39, 0.29) is 5.91 Å². The number of carbonyl (C=O) groups excluding carboxylic acids is 1. The topological polar surface area (TPSA) is 59.5 Å². The van der Waals surface area contributed by atoms with Crippen LogP contribution in [0.3, 0.4) is 0 Å². The number of amides is 1. The van der Waals surface area contributed by atoms with E-state index in [4.69, 9.17) is 10.2 Å². The first-order valence-corrected chi connectivity index (χ1v) is 6.28. The van der Waals surface area contributed by atoms with Gasteiger partial charge in [0.05, 0.1) is 13.1 Å². The van der Waals surface area contributed by atoms with Crippen molar-refractivity contribution in [3.8, 4) is 0 Å². The minimum Gasteiger partial charge on any atom is -0.463 e. The predicted molar refractivity (Wildman–Crippen MR) is 65.0 cm³/mol. The van der Waals surface area contributed by atoms with Gasteiger partial charge in [-0.2, -0.15) is 0 Å². The number of likely N-dealkylation sites (tertiary alicyclic amines) is 1. The first-order chi connectivity index (χ1) is 8.22. The summed E-state index contributed by atoms with van der Waals surface area (Å²) in [5.41, 5.74) is 5.49. The molecule has 0 radical (unpaired) electrons. The van der Waals surface area contributed by atoms with Crippen molar-refractivity contribution in [2.75, 3.05) is 6.54 Å². The fourth-order valence-corrected chi connectivity index (χ4v) is 2.41. The molecule has 2 rings (SSSR count). The second kappa shape index (κ2) is 5.36. The second-order valence-electron chi connectivity index (χ2n) is 4.71. The van der Waals surface area contributed by atoms with Crippen LogP contribution in [0, 0.1) is 5.92 Å². The molecule has 0 saturated carbocycles. The van der Waals surface area contributed by atoms with E-state index in [1.165, 1.54) is 0 Å². The van der Waals surface area contributed by atoms with Gasteiger partial charge in [-0.3, -0.25) is 4.79 Å². The zero-order chi connectivity index (χ0) is 12.3. The van der Waals surface area contributed by atoms with Crippen molar-refractivity contribution in [1.29, 1.82) is 0 Å².